The number of rotatable bonds is 8. The second-order valence-electron chi connectivity index (χ2n) is 7.75. The van der Waals surface area contributed by atoms with Gasteiger partial charge in [-0.2, -0.15) is 0 Å². The lowest BCUT2D eigenvalue weighted by Gasteiger charge is -2.41. The van der Waals surface area contributed by atoms with Crippen molar-refractivity contribution < 1.29 is 49.3 Å². The van der Waals surface area contributed by atoms with E-state index in [0.29, 0.717) is 18.4 Å². The van der Waals surface area contributed by atoms with E-state index in [4.69, 9.17) is 14.2 Å². The van der Waals surface area contributed by atoms with Crippen LogP contribution >= 0.6 is 0 Å². The van der Waals surface area contributed by atoms with Gasteiger partial charge in [0.2, 0.25) is 6.29 Å². The minimum absolute atomic E-state index is 0.00583. The van der Waals surface area contributed by atoms with Crippen LogP contribution < -0.4 is 4.74 Å². The van der Waals surface area contributed by atoms with Crippen molar-refractivity contribution in [1.29, 1.82) is 0 Å². The summed E-state index contributed by atoms with van der Waals surface area (Å²) in [7, 11) is 0. The zero-order valence-corrected chi connectivity index (χ0v) is 17.8. The normalized spacial score (nSPS) is 24.8. The van der Waals surface area contributed by atoms with Gasteiger partial charge < -0.3 is 44.5 Å². The fourth-order valence-corrected chi connectivity index (χ4v) is 3.33. The number of aromatic hydroxyl groups is 2. The molecule has 178 valence electrons. The first-order valence-electron chi connectivity index (χ1n) is 10.3. The van der Waals surface area contributed by atoms with Crippen LogP contribution in [0.3, 0.4) is 0 Å². The van der Waals surface area contributed by atoms with Crippen molar-refractivity contribution in [2.75, 3.05) is 6.61 Å². The van der Waals surface area contributed by atoms with Crippen molar-refractivity contribution in [3.63, 3.8) is 0 Å². The molecule has 0 spiro atoms. The molecule has 5 atom stereocenters. The highest BCUT2D eigenvalue weighted by molar-refractivity contribution is 5.89. The summed E-state index contributed by atoms with van der Waals surface area (Å²) < 4.78 is 16.5. The number of aliphatic hydroxyl groups excluding tert-OH is 3. The molecule has 1 aliphatic rings. The number of ketones is 1. The fraction of sp³-hybridized carbons (Fsp3) is 0.391. The van der Waals surface area contributed by atoms with E-state index < -0.39 is 43.3 Å². The third-order valence-corrected chi connectivity index (χ3v) is 5.20. The lowest BCUT2D eigenvalue weighted by Crippen LogP contribution is -2.61. The smallest absolute Gasteiger partial charge is 0.338 e. The molecule has 10 heteroatoms. The van der Waals surface area contributed by atoms with Crippen molar-refractivity contribution >= 4 is 11.8 Å². The van der Waals surface area contributed by atoms with Crippen LogP contribution in [0, 0.1) is 0 Å². The Kier molecular flexibility index (Phi) is 7.88. The molecular weight excluding hydrogens is 436 g/mol. The number of Topliss-reactive ketones (excluding diaryl/α,β-unsaturated/α-hetero) is 1. The Hall–Kier alpha value is -3.18. The molecule has 0 amide bonds. The molecule has 0 bridgehead atoms. The Morgan fingerprint density at radius 3 is 2.33 bits per heavy atom. The molecule has 0 saturated carbocycles. The molecule has 0 radical (unpaired) electrons. The standard InChI is InChI=1S/C23H26O10/c1-12(25)2-3-13-4-9-17(16(27)10-13)31-23-21(20(29)19(28)18(11-24)32-23)33-22(30)14-5-7-15(26)8-6-14/h4-10,18-21,23-24,26-29H,2-3,11H2,1H3/t18-,19-,20+,21-,23-/m1/s1. The second-order valence-corrected chi connectivity index (χ2v) is 7.75. The molecular formula is C23H26O10. The number of phenols is 2. The fourth-order valence-electron chi connectivity index (χ4n) is 3.33. The van der Waals surface area contributed by atoms with Crippen LogP contribution in [0.25, 0.3) is 0 Å². The zero-order chi connectivity index (χ0) is 24.1. The van der Waals surface area contributed by atoms with Crippen LogP contribution in [-0.4, -0.2) is 74.6 Å². The van der Waals surface area contributed by atoms with Crippen molar-refractivity contribution in [3.05, 3.63) is 53.6 Å². The molecule has 1 fully saturated rings. The van der Waals surface area contributed by atoms with Gasteiger partial charge >= 0.3 is 5.97 Å². The molecule has 1 saturated heterocycles. The van der Waals surface area contributed by atoms with Gasteiger partial charge in [0, 0.05) is 6.42 Å². The molecule has 10 nitrogen and oxygen atoms in total. The molecule has 5 N–H and O–H groups in total. The largest absolute Gasteiger partial charge is 0.508 e. The second kappa shape index (κ2) is 10.6. The van der Waals surface area contributed by atoms with Crippen LogP contribution in [0.5, 0.6) is 17.2 Å². The molecule has 0 unspecified atom stereocenters. The molecule has 1 heterocycles. The lowest BCUT2D eigenvalue weighted by atomic mass is 9.99. The Morgan fingerprint density at radius 2 is 1.73 bits per heavy atom. The van der Waals surface area contributed by atoms with E-state index in [-0.39, 0.29) is 28.6 Å². The van der Waals surface area contributed by atoms with Crippen LogP contribution in [0.15, 0.2) is 42.5 Å². The Balaban J connectivity index is 1.80. The molecule has 0 aromatic heterocycles. The van der Waals surface area contributed by atoms with E-state index in [0.717, 1.165) is 0 Å². The van der Waals surface area contributed by atoms with Gasteiger partial charge in [-0.25, -0.2) is 4.79 Å². The van der Waals surface area contributed by atoms with Gasteiger partial charge in [0.1, 0.15) is 29.8 Å². The molecule has 0 aliphatic carbocycles. The third-order valence-electron chi connectivity index (χ3n) is 5.20. The number of hydrogen-bond donors (Lipinski definition) is 5. The molecule has 3 rings (SSSR count). The van der Waals surface area contributed by atoms with Crippen LogP contribution in [0.2, 0.25) is 0 Å². The monoisotopic (exact) mass is 462 g/mol. The first kappa shape index (κ1) is 24.5. The highest BCUT2D eigenvalue weighted by atomic mass is 16.7. The quantitative estimate of drug-likeness (QED) is 0.352. The topological polar surface area (TPSA) is 163 Å². The van der Waals surface area contributed by atoms with Crippen LogP contribution in [0.1, 0.15) is 29.3 Å². The molecule has 2 aromatic carbocycles. The number of carbonyl (C=O) groups is 2. The molecule has 1 aliphatic heterocycles. The number of benzene rings is 2. The van der Waals surface area contributed by atoms with Crippen molar-refractivity contribution in [3.8, 4) is 17.2 Å². The maximum atomic E-state index is 12.5. The van der Waals surface area contributed by atoms with Gasteiger partial charge in [-0.15, -0.1) is 0 Å². The van der Waals surface area contributed by atoms with Gasteiger partial charge in [0.25, 0.3) is 0 Å². The summed E-state index contributed by atoms with van der Waals surface area (Å²) in [6.07, 6.45) is -6.73. The molecule has 2 aromatic rings. The zero-order valence-electron chi connectivity index (χ0n) is 17.8. The number of carbonyl (C=O) groups excluding carboxylic acids is 2. The van der Waals surface area contributed by atoms with E-state index in [1.54, 1.807) is 6.07 Å². The maximum Gasteiger partial charge on any atom is 0.338 e. The van der Waals surface area contributed by atoms with Crippen LogP contribution in [-0.2, 0) is 20.7 Å². The lowest BCUT2D eigenvalue weighted by molar-refractivity contribution is -0.276. The Bertz CT molecular complexity index is 974. The number of phenolic OH excluding ortho intramolecular Hbond substituents is 2. The van der Waals surface area contributed by atoms with E-state index in [9.17, 15) is 35.1 Å². The maximum absolute atomic E-state index is 12.5. The van der Waals surface area contributed by atoms with Gasteiger partial charge in [0.05, 0.1) is 12.2 Å². The van der Waals surface area contributed by atoms with Crippen molar-refractivity contribution in [1.82, 2.24) is 0 Å². The van der Waals surface area contributed by atoms with Gasteiger partial charge in [-0.3, -0.25) is 0 Å². The minimum Gasteiger partial charge on any atom is -0.508 e. The summed E-state index contributed by atoms with van der Waals surface area (Å²) in [5, 5.41) is 49.9. The number of hydrogen-bond acceptors (Lipinski definition) is 10. The van der Waals surface area contributed by atoms with Crippen LogP contribution in [0.4, 0.5) is 0 Å². The number of aliphatic hydroxyl groups is 3. The summed E-state index contributed by atoms with van der Waals surface area (Å²) in [6.45, 7) is 0.821. The average molecular weight is 462 g/mol. The third kappa shape index (κ3) is 5.99. The summed E-state index contributed by atoms with van der Waals surface area (Å²) in [5.74, 6) is -1.26. The van der Waals surface area contributed by atoms with Crippen molar-refractivity contribution in [2.24, 2.45) is 0 Å². The Morgan fingerprint density at radius 1 is 1.03 bits per heavy atom. The first-order valence-corrected chi connectivity index (χ1v) is 10.3. The summed E-state index contributed by atoms with van der Waals surface area (Å²) in [4.78, 5) is 23.7. The number of esters is 1. The molecule has 33 heavy (non-hydrogen) atoms. The van der Waals surface area contributed by atoms with Gasteiger partial charge in [-0.1, -0.05) is 6.07 Å². The van der Waals surface area contributed by atoms with E-state index >= 15 is 0 Å². The first-order chi connectivity index (χ1) is 15.7. The summed E-state index contributed by atoms with van der Waals surface area (Å²) in [5.41, 5.74) is 0.758. The van der Waals surface area contributed by atoms with E-state index in [1.165, 1.54) is 43.3 Å². The SMILES string of the molecule is CC(=O)CCc1ccc(O[C@@H]2O[C@H](CO)[C@@H](O)[C@H](O)[C@H]2OC(=O)c2ccc(O)cc2)c(O)c1. The number of aryl methyl sites for hydroxylation is 1. The van der Waals surface area contributed by atoms with Gasteiger partial charge in [-0.05, 0) is 55.3 Å². The highest BCUT2D eigenvalue weighted by Crippen LogP contribution is 2.32. The minimum atomic E-state index is -1.67. The predicted molar refractivity (Wildman–Crippen MR) is 113 cm³/mol. The average Bonchev–Trinajstić information content (AvgIpc) is 2.78. The van der Waals surface area contributed by atoms with Crippen molar-refractivity contribution in [2.45, 2.75) is 50.5 Å². The summed E-state index contributed by atoms with van der Waals surface area (Å²) >= 11 is 0. The Labute approximate surface area is 189 Å². The van der Waals surface area contributed by atoms with E-state index in [1.807, 2.05) is 0 Å². The highest BCUT2D eigenvalue weighted by Gasteiger charge is 2.48. The summed E-state index contributed by atoms with van der Waals surface area (Å²) in [6, 6.07) is 9.64. The number of ether oxygens (including phenoxy) is 3. The predicted octanol–water partition coefficient (Wildman–Crippen LogP) is 0.663. The van der Waals surface area contributed by atoms with Gasteiger partial charge in [0.15, 0.2) is 17.6 Å². The van der Waals surface area contributed by atoms with E-state index in [2.05, 4.69) is 0 Å².